The lowest BCUT2D eigenvalue weighted by Gasteiger charge is -2.16. The molecule has 0 bridgehead atoms. The number of aliphatic hydroxyl groups excluding tert-OH is 3. The van der Waals surface area contributed by atoms with Crippen LogP contribution in [0.5, 0.6) is 0 Å². The maximum absolute atomic E-state index is 13.8. The zero-order valence-corrected chi connectivity index (χ0v) is 11.5. The van der Waals surface area contributed by atoms with Crippen molar-refractivity contribution in [1.29, 1.82) is 0 Å². The zero-order chi connectivity index (χ0) is 15.1. The standard InChI is InChI=1S/C13H13FN2O4S/c14-7-1-2-15-12-5(7)3-6(13(21)16-12)11-10(19)9(18)8(4-17)20-11/h1-3,8-11,17-19H,4H2,(H,15,16,21)/t8-,9?,10+,11+/m1/s1. The second-order valence-electron chi connectivity index (χ2n) is 4.86. The van der Waals surface area contributed by atoms with E-state index >= 15 is 0 Å². The van der Waals surface area contributed by atoms with Gasteiger partial charge in [-0.25, -0.2) is 9.37 Å². The van der Waals surface area contributed by atoms with E-state index in [1.54, 1.807) is 0 Å². The average Bonchev–Trinajstić information content (AvgIpc) is 2.75. The molecule has 6 nitrogen and oxygen atoms in total. The van der Waals surface area contributed by atoms with Gasteiger partial charge in [-0.2, -0.15) is 0 Å². The van der Waals surface area contributed by atoms with Crippen LogP contribution >= 0.6 is 12.2 Å². The number of halogens is 1. The minimum atomic E-state index is -1.26. The summed E-state index contributed by atoms with van der Waals surface area (Å²) in [6, 6.07) is 2.69. The first-order chi connectivity index (χ1) is 10.0. The van der Waals surface area contributed by atoms with Crippen molar-refractivity contribution in [2.24, 2.45) is 0 Å². The maximum Gasteiger partial charge on any atom is 0.141 e. The molecule has 0 aliphatic carbocycles. The fourth-order valence-corrected chi connectivity index (χ4v) is 2.71. The van der Waals surface area contributed by atoms with Crippen molar-refractivity contribution >= 4 is 12.2 Å². The normalized spacial score (nSPS) is 29.1. The highest BCUT2D eigenvalue weighted by molar-refractivity contribution is 7.71. The van der Waals surface area contributed by atoms with Crippen molar-refractivity contribution in [2.45, 2.75) is 24.4 Å². The van der Waals surface area contributed by atoms with Crippen LogP contribution in [0.25, 0.3) is 11.4 Å². The number of fused-ring (bicyclic) bond motifs is 1. The predicted octanol–water partition coefficient (Wildman–Crippen LogP) is 0.537. The van der Waals surface area contributed by atoms with Crippen LogP contribution in [0.1, 0.15) is 11.7 Å². The van der Waals surface area contributed by atoms with Gasteiger partial charge in [0.1, 0.15) is 40.7 Å². The van der Waals surface area contributed by atoms with E-state index in [0.29, 0.717) is 5.56 Å². The Kier molecular flexibility index (Phi) is 3.72. The highest BCUT2D eigenvalue weighted by Crippen LogP contribution is 2.36. The van der Waals surface area contributed by atoms with Gasteiger partial charge in [-0.3, -0.25) is 0 Å². The number of aromatic amines is 1. The molecule has 1 unspecified atom stereocenters. The summed E-state index contributed by atoms with van der Waals surface area (Å²) in [7, 11) is 0. The molecule has 112 valence electrons. The molecule has 3 aliphatic heterocycles. The monoisotopic (exact) mass is 312 g/mol. The Bertz CT molecular complexity index is 694. The van der Waals surface area contributed by atoms with E-state index in [9.17, 15) is 14.6 Å². The van der Waals surface area contributed by atoms with Crippen LogP contribution < -0.4 is 0 Å². The van der Waals surface area contributed by atoms with Gasteiger partial charge in [0.15, 0.2) is 0 Å². The molecule has 3 rings (SSSR count). The highest BCUT2D eigenvalue weighted by atomic mass is 32.1. The van der Waals surface area contributed by atoms with Gasteiger partial charge in [0, 0.05) is 11.8 Å². The van der Waals surface area contributed by atoms with Crippen molar-refractivity contribution in [3.63, 3.8) is 0 Å². The van der Waals surface area contributed by atoms with Crippen LogP contribution in [-0.2, 0) is 4.74 Å². The molecule has 21 heavy (non-hydrogen) atoms. The summed E-state index contributed by atoms with van der Waals surface area (Å²) in [6.45, 7) is -0.440. The lowest BCUT2D eigenvalue weighted by Crippen LogP contribution is -2.32. The molecule has 0 spiro atoms. The Morgan fingerprint density at radius 2 is 2.14 bits per heavy atom. The fourth-order valence-electron chi connectivity index (χ4n) is 2.45. The van der Waals surface area contributed by atoms with E-state index in [0.717, 1.165) is 0 Å². The number of nitrogens with one attached hydrogen (secondary N) is 1. The van der Waals surface area contributed by atoms with Crippen LogP contribution in [0.4, 0.5) is 4.39 Å². The number of H-pyrrole nitrogens is 1. The summed E-state index contributed by atoms with van der Waals surface area (Å²) in [5.41, 5.74) is 0.511. The number of nitrogens with zero attached hydrogens (tertiary/aromatic N) is 1. The molecular formula is C13H13FN2O4S. The van der Waals surface area contributed by atoms with Gasteiger partial charge >= 0.3 is 0 Å². The summed E-state index contributed by atoms with van der Waals surface area (Å²) in [5.74, 6) is -0.199. The van der Waals surface area contributed by atoms with Gasteiger partial charge < -0.3 is 25.0 Å². The first kappa shape index (κ1) is 14.5. The average molecular weight is 312 g/mol. The van der Waals surface area contributed by atoms with E-state index in [1.807, 2.05) is 0 Å². The van der Waals surface area contributed by atoms with E-state index in [2.05, 4.69) is 9.97 Å². The van der Waals surface area contributed by atoms with Gasteiger partial charge in [0.05, 0.1) is 12.2 Å². The van der Waals surface area contributed by atoms with E-state index < -0.39 is 36.8 Å². The molecule has 3 aliphatic rings. The van der Waals surface area contributed by atoms with Crippen molar-refractivity contribution in [1.82, 2.24) is 9.97 Å². The van der Waals surface area contributed by atoms with Gasteiger partial charge in [-0.15, -0.1) is 0 Å². The molecular weight excluding hydrogens is 299 g/mol. The first-order valence-corrected chi connectivity index (χ1v) is 6.74. The SMILES string of the molecule is OC[C@H]1O[C@@H](c2cc3c(F)cc[nH]c-3nc2=S)[C@@H](O)C1O. The highest BCUT2D eigenvalue weighted by Gasteiger charge is 2.43. The summed E-state index contributed by atoms with van der Waals surface area (Å²) < 4.78 is 19.4. The molecule has 8 heteroatoms. The summed E-state index contributed by atoms with van der Waals surface area (Å²) >= 11 is 5.14. The second kappa shape index (κ2) is 5.39. The summed E-state index contributed by atoms with van der Waals surface area (Å²) in [4.78, 5) is 6.86. The van der Waals surface area contributed by atoms with Crippen molar-refractivity contribution in [3.8, 4) is 11.4 Å². The third-order valence-electron chi connectivity index (χ3n) is 3.57. The molecule has 4 atom stereocenters. The van der Waals surface area contributed by atoms with E-state index in [1.165, 1.54) is 18.3 Å². The number of hydrogen-bond donors (Lipinski definition) is 4. The number of ether oxygens (including phenoxy) is 1. The number of pyridine rings is 2. The molecule has 1 saturated heterocycles. The first-order valence-electron chi connectivity index (χ1n) is 6.33. The van der Waals surface area contributed by atoms with Gasteiger partial charge in [-0.05, 0) is 12.1 Å². The van der Waals surface area contributed by atoms with Crippen LogP contribution in [0.3, 0.4) is 0 Å². The molecule has 0 aromatic rings. The molecule has 3 heterocycles. The maximum atomic E-state index is 13.8. The molecule has 1 fully saturated rings. The number of aliphatic hydroxyl groups is 3. The molecule has 0 amide bonds. The minimum absolute atomic E-state index is 0.138. The van der Waals surface area contributed by atoms with Gasteiger partial charge in [-0.1, -0.05) is 12.2 Å². The molecule has 4 N–H and O–H groups in total. The summed E-state index contributed by atoms with van der Waals surface area (Å²) in [5, 5.41) is 28.9. The minimum Gasteiger partial charge on any atom is -0.394 e. The lowest BCUT2D eigenvalue weighted by atomic mass is 10.0. The van der Waals surface area contributed by atoms with E-state index in [4.69, 9.17) is 22.1 Å². The Morgan fingerprint density at radius 1 is 1.38 bits per heavy atom. The van der Waals surface area contributed by atoms with Gasteiger partial charge in [0.25, 0.3) is 0 Å². The molecule has 0 aromatic carbocycles. The Hall–Kier alpha value is -1.45. The largest absolute Gasteiger partial charge is 0.394 e. The molecule has 0 aromatic heterocycles. The summed E-state index contributed by atoms with van der Waals surface area (Å²) in [6.07, 6.45) is -2.97. The number of aromatic nitrogens is 2. The van der Waals surface area contributed by atoms with Crippen molar-refractivity contribution in [2.75, 3.05) is 6.61 Å². The number of rotatable bonds is 2. The lowest BCUT2D eigenvalue weighted by molar-refractivity contribution is -0.0229. The Labute approximate surface area is 124 Å². The zero-order valence-electron chi connectivity index (χ0n) is 10.7. The van der Waals surface area contributed by atoms with Crippen molar-refractivity contribution < 1.29 is 24.4 Å². The van der Waals surface area contributed by atoms with Crippen molar-refractivity contribution in [3.05, 3.63) is 34.4 Å². The third kappa shape index (κ3) is 2.34. The Balaban J connectivity index is 2.09. The van der Waals surface area contributed by atoms with Crippen LogP contribution in [0.2, 0.25) is 0 Å². The smallest absolute Gasteiger partial charge is 0.141 e. The van der Waals surface area contributed by atoms with E-state index in [-0.39, 0.29) is 16.0 Å². The van der Waals surface area contributed by atoms with Crippen LogP contribution in [-0.4, -0.2) is 50.2 Å². The quantitative estimate of drug-likeness (QED) is 0.604. The third-order valence-corrected chi connectivity index (χ3v) is 3.90. The van der Waals surface area contributed by atoms with Crippen LogP contribution in [0, 0.1) is 10.5 Å². The van der Waals surface area contributed by atoms with Crippen LogP contribution in [0.15, 0.2) is 18.3 Å². The molecule has 0 radical (unpaired) electrons. The second-order valence-corrected chi connectivity index (χ2v) is 5.25. The predicted molar refractivity (Wildman–Crippen MR) is 72.7 cm³/mol. The fraction of sp³-hybridized carbons (Fsp3) is 0.385. The Morgan fingerprint density at radius 3 is 2.81 bits per heavy atom. The topological polar surface area (TPSA) is 98.6 Å². The van der Waals surface area contributed by atoms with Gasteiger partial charge in [0.2, 0.25) is 0 Å². The number of hydrogen-bond acceptors (Lipinski definition) is 6. The molecule has 0 saturated carbocycles.